The van der Waals surface area contributed by atoms with Gasteiger partial charge >= 0.3 is 0 Å². The van der Waals surface area contributed by atoms with Gasteiger partial charge in [-0.25, -0.2) is 9.97 Å². The standard InChI is InChI=1S/C13H18N4OS/c1-4-10-11(17(5-2)8-14-10)7-19-13-15-9(3)6-12(18)16-13/h6,8H,4-5,7H2,1-3H3,(H,15,16,18). The normalized spacial score (nSPS) is 10.9. The molecule has 0 saturated heterocycles. The van der Waals surface area contributed by atoms with Gasteiger partial charge in [0.2, 0.25) is 0 Å². The maximum absolute atomic E-state index is 11.4. The molecule has 0 bridgehead atoms. The van der Waals surface area contributed by atoms with Crippen molar-refractivity contribution in [2.24, 2.45) is 0 Å². The summed E-state index contributed by atoms with van der Waals surface area (Å²) >= 11 is 1.54. The van der Waals surface area contributed by atoms with Gasteiger partial charge in [0.1, 0.15) is 0 Å². The number of aromatic nitrogens is 4. The molecule has 2 aromatic heterocycles. The maximum Gasteiger partial charge on any atom is 0.251 e. The van der Waals surface area contributed by atoms with Crippen LogP contribution in [0.5, 0.6) is 0 Å². The van der Waals surface area contributed by atoms with Crippen LogP contribution in [0.15, 0.2) is 22.3 Å². The van der Waals surface area contributed by atoms with E-state index in [0.717, 1.165) is 30.1 Å². The van der Waals surface area contributed by atoms with E-state index in [2.05, 4.69) is 33.4 Å². The number of hydrogen-bond acceptors (Lipinski definition) is 4. The van der Waals surface area contributed by atoms with Gasteiger partial charge in [-0.2, -0.15) is 0 Å². The average Bonchev–Trinajstić information content (AvgIpc) is 2.77. The average molecular weight is 278 g/mol. The van der Waals surface area contributed by atoms with Crippen LogP contribution in [0, 0.1) is 6.92 Å². The van der Waals surface area contributed by atoms with Crippen LogP contribution < -0.4 is 5.56 Å². The van der Waals surface area contributed by atoms with E-state index in [9.17, 15) is 4.79 Å². The summed E-state index contributed by atoms with van der Waals surface area (Å²) in [6, 6.07) is 1.50. The predicted octanol–water partition coefficient (Wildman–Crippen LogP) is 2.15. The Balaban J connectivity index is 2.18. The number of imidazole rings is 1. The summed E-state index contributed by atoms with van der Waals surface area (Å²) in [5.74, 6) is 0.767. The van der Waals surface area contributed by atoms with E-state index in [0.29, 0.717) is 5.16 Å². The molecular formula is C13H18N4OS. The molecule has 0 atom stereocenters. The molecule has 0 unspecified atom stereocenters. The van der Waals surface area contributed by atoms with Gasteiger partial charge in [-0.1, -0.05) is 18.7 Å². The van der Waals surface area contributed by atoms with Gasteiger partial charge in [0.25, 0.3) is 5.56 Å². The molecule has 6 heteroatoms. The highest BCUT2D eigenvalue weighted by molar-refractivity contribution is 7.98. The molecule has 1 N–H and O–H groups in total. The number of nitrogens with zero attached hydrogens (tertiary/aromatic N) is 3. The van der Waals surface area contributed by atoms with E-state index in [1.165, 1.54) is 23.5 Å². The topological polar surface area (TPSA) is 63.6 Å². The largest absolute Gasteiger partial charge is 0.334 e. The van der Waals surface area contributed by atoms with Crippen molar-refractivity contribution < 1.29 is 0 Å². The van der Waals surface area contributed by atoms with Crippen LogP contribution in [0.1, 0.15) is 30.9 Å². The Morgan fingerprint density at radius 3 is 2.84 bits per heavy atom. The summed E-state index contributed by atoms with van der Waals surface area (Å²) in [6.07, 6.45) is 2.79. The fourth-order valence-corrected chi connectivity index (χ4v) is 2.93. The van der Waals surface area contributed by atoms with E-state index < -0.39 is 0 Å². The number of aromatic amines is 1. The highest BCUT2D eigenvalue weighted by atomic mass is 32.2. The summed E-state index contributed by atoms with van der Waals surface area (Å²) in [5, 5.41) is 0.663. The molecule has 0 amide bonds. The van der Waals surface area contributed by atoms with E-state index in [-0.39, 0.29) is 5.56 Å². The van der Waals surface area contributed by atoms with Gasteiger partial charge in [0.15, 0.2) is 5.16 Å². The summed E-state index contributed by atoms with van der Waals surface area (Å²) in [5.41, 5.74) is 2.96. The maximum atomic E-state index is 11.4. The van der Waals surface area contributed by atoms with Crippen molar-refractivity contribution in [3.05, 3.63) is 39.8 Å². The molecule has 0 spiro atoms. The van der Waals surface area contributed by atoms with Crippen molar-refractivity contribution in [3.8, 4) is 0 Å². The smallest absolute Gasteiger partial charge is 0.251 e. The van der Waals surface area contributed by atoms with Gasteiger partial charge in [-0.15, -0.1) is 0 Å². The van der Waals surface area contributed by atoms with Gasteiger partial charge in [0, 0.05) is 24.1 Å². The molecule has 0 radical (unpaired) electrons. The van der Waals surface area contributed by atoms with Gasteiger partial charge in [-0.3, -0.25) is 4.79 Å². The number of H-pyrrole nitrogens is 1. The molecule has 2 heterocycles. The van der Waals surface area contributed by atoms with Crippen molar-refractivity contribution in [2.45, 2.75) is 44.6 Å². The van der Waals surface area contributed by atoms with Crippen LogP contribution in [-0.4, -0.2) is 19.5 Å². The third kappa shape index (κ3) is 3.26. The number of nitrogens with one attached hydrogen (secondary N) is 1. The lowest BCUT2D eigenvalue weighted by Gasteiger charge is -2.07. The molecule has 19 heavy (non-hydrogen) atoms. The lowest BCUT2D eigenvalue weighted by molar-refractivity contribution is 0.730. The second kappa shape index (κ2) is 6.06. The van der Waals surface area contributed by atoms with Crippen LogP contribution in [0.2, 0.25) is 0 Å². The van der Waals surface area contributed by atoms with Crippen molar-refractivity contribution in [1.82, 2.24) is 19.5 Å². The minimum atomic E-state index is -0.102. The predicted molar refractivity (Wildman–Crippen MR) is 76.4 cm³/mol. The van der Waals surface area contributed by atoms with E-state index in [1.807, 2.05) is 13.3 Å². The first-order valence-corrected chi connectivity index (χ1v) is 7.36. The third-order valence-electron chi connectivity index (χ3n) is 2.90. The van der Waals surface area contributed by atoms with Crippen molar-refractivity contribution in [1.29, 1.82) is 0 Å². The Morgan fingerprint density at radius 2 is 2.21 bits per heavy atom. The minimum absolute atomic E-state index is 0.102. The van der Waals surface area contributed by atoms with E-state index >= 15 is 0 Å². The Hall–Kier alpha value is -1.56. The quantitative estimate of drug-likeness (QED) is 0.672. The number of rotatable bonds is 5. The number of thioether (sulfide) groups is 1. The molecule has 2 rings (SSSR count). The molecule has 0 aromatic carbocycles. The zero-order valence-electron chi connectivity index (χ0n) is 11.4. The van der Waals surface area contributed by atoms with Crippen molar-refractivity contribution >= 4 is 11.8 Å². The minimum Gasteiger partial charge on any atom is -0.334 e. The Morgan fingerprint density at radius 1 is 1.42 bits per heavy atom. The van der Waals surface area contributed by atoms with E-state index in [1.54, 1.807) is 0 Å². The lowest BCUT2D eigenvalue weighted by Crippen LogP contribution is -2.08. The van der Waals surface area contributed by atoms with E-state index in [4.69, 9.17) is 0 Å². The molecular weight excluding hydrogens is 260 g/mol. The molecule has 0 aliphatic carbocycles. The highest BCUT2D eigenvalue weighted by Crippen LogP contribution is 2.21. The van der Waals surface area contributed by atoms with Crippen LogP contribution >= 0.6 is 11.8 Å². The molecule has 0 fully saturated rings. The fraction of sp³-hybridized carbons (Fsp3) is 0.462. The zero-order chi connectivity index (χ0) is 13.8. The van der Waals surface area contributed by atoms with Crippen LogP contribution in [0.4, 0.5) is 0 Å². The molecule has 2 aromatic rings. The van der Waals surface area contributed by atoms with Crippen LogP contribution in [0.25, 0.3) is 0 Å². The number of aryl methyl sites for hydroxylation is 3. The first kappa shape index (κ1) is 13.9. The summed E-state index contributed by atoms with van der Waals surface area (Å²) in [4.78, 5) is 22.9. The Bertz CT molecular complexity index is 596. The molecule has 0 aliphatic heterocycles. The van der Waals surface area contributed by atoms with Crippen LogP contribution in [0.3, 0.4) is 0 Å². The van der Waals surface area contributed by atoms with Gasteiger partial charge < -0.3 is 9.55 Å². The van der Waals surface area contributed by atoms with Gasteiger partial charge in [-0.05, 0) is 20.3 Å². The van der Waals surface area contributed by atoms with Crippen molar-refractivity contribution in [2.75, 3.05) is 0 Å². The lowest BCUT2D eigenvalue weighted by atomic mass is 10.3. The first-order chi connectivity index (χ1) is 9.13. The van der Waals surface area contributed by atoms with Crippen LogP contribution in [-0.2, 0) is 18.7 Å². The molecule has 102 valence electrons. The second-order valence-corrected chi connectivity index (χ2v) is 5.22. The number of hydrogen-bond donors (Lipinski definition) is 1. The third-order valence-corrected chi connectivity index (χ3v) is 3.79. The van der Waals surface area contributed by atoms with Crippen molar-refractivity contribution in [3.63, 3.8) is 0 Å². The Labute approximate surface area is 116 Å². The SMILES string of the molecule is CCc1ncn(CC)c1CSc1nc(C)cc(=O)[nH]1. The summed E-state index contributed by atoms with van der Waals surface area (Å²) in [6.45, 7) is 6.93. The summed E-state index contributed by atoms with van der Waals surface area (Å²) < 4.78 is 2.14. The molecule has 5 nitrogen and oxygen atoms in total. The Kier molecular flexibility index (Phi) is 4.42. The highest BCUT2D eigenvalue weighted by Gasteiger charge is 2.10. The molecule has 0 aliphatic rings. The zero-order valence-corrected chi connectivity index (χ0v) is 12.3. The monoisotopic (exact) mass is 278 g/mol. The fourth-order valence-electron chi connectivity index (χ4n) is 1.94. The molecule has 0 saturated carbocycles. The van der Waals surface area contributed by atoms with Gasteiger partial charge in [0.05, 0.1) is 17.7 Å². The second-order valence-electron chi connectivity index (χ2n) is 4.26. The first-order valence-electron chi connectivity index (χ1n) is 6.37. The summed E-state index contributed by atoms with van der Waals surface area (Å²) in [7, 11) is 0.